The Labute approximate surface area is 212 Å². The van der Waals surface area contributed by atoms with Gasteiger partial charge < -0.3 is 14.6 Å². The summed E-state index contributed by atoms with van der Waals surface area (Å²) in [5.41, 5.74) is 0.868. The van der Waals surface area contributed by atoms with Crippen molar-refractivity contribution in [2.24, 2.45) is 0 Å². The molecule has 0 atom stereocenters. The van der Waals surface area contributed by atoms with Gasteiger partial charge >= 0.3 is 17.7 Å². The van der Waals surface area contributed by atoms with Gasteiger partial charge in [-0.25, -0.2) is 9.18 Å². The molecule has 0 radical (unpaired) electrons. The van der Waals surface area contributed by atoms with Crippen LogP contribution in [0.25, 0.3) is 0 Å². The van der Waals surface area contributed by atoms with Gasteiger partial charge in [0.15, 0.2) is 0 Å². The second-order valence-corrected chi connectivity index (χ2v) is 9.28. The van der Waals surface area contributed by atoms with E-state index in [1.54, 1.807) is 16.2 Å². The lowest BCUT2D eigenvalue weighted by Crippen LogP contribution is -2.48. The number of aromatic nitrogens is 2. The predicted molar refractivity (Wildman–Crippen MR) is 127 cm³/mol. The predicted octanol–water partition coefficient (Wildman–Crippen LogP) is 3.13. The van der Waals surface area contributed by atoms with Gasteiger partial charge in [0, 0.05) is 49.2 Å². The minimum atomic E-state index is -5.32. The van der Waals surface area contributed by atoms with Gasteiger partial charge in [0.2, 0.25) is 0 Å². The summed E-state index contributed by atoms with van der Waals surface area (Å²) in [7, 11) is 0. The summed E-state index contributed by atoms with van der Waals surface area (Å²) >= 11 is 1.58. The van der Waals surface area contributed by atoms with Crippen LogP contribution in [0.15, 0.2) is 39.8 Å². The summed E-state index contributed by atoms with van der Waals surface area (Å²) in [6.07, 6.45) is -5.37. The summed E-state index contributed by atoms with van der Waals surface area (Å²) in [5.74, 6) is -3.78. The lowest BCUT2D eigenvalue weighted by atomic mass is 10.0. The normalized spacial score (nSPS) is 14.1. The van der Waals surface area contributed by atoms with Crippen molar-refractivity contribution in [3.63, 3.8) is 0 Å². The number of thiophene rings is 1. The fraction of sp³-hybridized carbons (Fsp3) is 0.333. The van der Waals surface area contributed by atoms with Gasteiger partial charge in [0.25, 0.3) is 5.91 Å². The number of amides is 1. The molecule has 4 rings (SSSR count). The molecule has 37 heavy (non-hydrogen) atoms. The summed E-state index contributed by atoms with van der Waals surface area (Å²) in [6, 6.07) is 5.90. The van der Waals surface area contributed by atoms with Gasteiger partial charge in [-0.15, -0.1) is 5.10 Å². The molecular weight excluding hydrogens is 516 g/mol. The van der Waals surface area contributed by atoms with Crippen LogP contribution in [-0.4, -0.2) is 59.1 Å². The Bertz CT molecular complexity index is 1380. The van der Waals surface area contributed by atoms with E-state index in [1.165, 1.54) is 26.0 Å². The van der Waals surface area contributed by atoms with Crippen molar-refractivity contribution >= 4 is 28.9 Å². The Kier molecular flexibility index (Phi) is 7.35. The average molecular weight is 539 g/mol. The van der Waals surface area contributed by atoms with Crippen molar-refractivity contribution in [3.8, 4) is 0 Å². The number of nitrogens with zero attached hydrogens (tertiary/aromatic N) is 4. The third kappa shape index (κ3) is 5.66. The topological polar surface area (TPSA) is 84.7 Å². The van der Waals surface area contributed by atoms with Gasteiger partial charge in [0.1, 0.15) is 5.82 Å². The SMILES string of the molecule is Cc1c(Cc2ccc(F)c(C(=O)N3CCN(c4ccsc4)CC3)c2)nn(OC(=O)C(F)(F)F)c(=O)c1C. The first-order valence-corrected chi connectivity index (χ1v) is 12.1. The van der Waals surface area contributed by atoms with Crippen LogP contribution in [0.1, 0.15) is 32.7 Å². The number of hydrogen-bond donors (Lipinski definition) is 0. The van der Waals surface area contributed by atoms with E-state index in [9.17, 15) is 31.9 Å². The quantitative estimate of drug-likeness (QED) is 0.465. The van der Waals surface area contributed by atoms with Crippen LogP contribution in [0.4, 0.5) is 23.2 Å². The van der Waals surface area contributed by atoms with Crippen molar-refractivity contribution in [2.75, 3.05) is 31.1 Å². The second-order valence-electron chi connectivity index (χ2n) is 8.50. The van der Waals surface area contributed by atoms with E-state index in [1.807, 2.05) is 16.8 Å². The van der Waals surface area contributed by atoms with Gasteiger partial charge in [-0.3, -0.25) is 9.59 Å². The van der Waals surface area contributed by atoms with Crippen LogP contribution in [0, 0.1) is 19.7 Å². The van der Waals surface area contributed by atoms with Crippen molar-refractivity contribution in [1.29, 1.82) is 0 Å². The smallest absolute Gasteiger partial charge is 0.367 e. The van der Waals surface area contributed by atoms with E-state index in [-0.39, 0.29) is 28.1 Å². The minimum absolute atomic E-state index is 0.00392. The molecule has 0 aliphatic carbocycles. The Balaban J connectivity index is 1.54. The van der Waals surface area contributed by atoms with E-state index < -0.39 is 29.4 Å². The molecule has 1 saturated heterocycles. The van der Waals surface area contributed by atoms with Crippen LogP contribution in [-0.2, 0) is 11.2 Å². The van der Waals surface area contributed by atoms with Crippen molar-refractivity contribution in [3.05, 3.63) is 79.1 Å². The highest BCUT2D eigenvalue weighted by molar-refractivity contribution is 7.08. The van der Waals surface area contributed by atoms with Crippen LogP contribution in [0.5, 0.6) is 0 Å². The molecule has 2 aromatic heterocycles. The molecule has 13 heteroatoms. The Morgan fingerprint density at radius 3 is 2.41 bits per heavy atom. The summed E-state index contributed by atoms with van der Waals surface area (Å²) in [6.45, 7) is 4.92. The number of carbonyl (C=O) groups excluding carboxylic acids is 2. The molecule has 1 aliphatic heterocycles. The number of anilines is 1. The van der Waals surface area contributed by atoms with Crippen LogP contribution in [0.2, 0.25) is 0 Å². The zero-order valence-electron chi connectivity index (χ0n) is 19.8. The third-order valence-corrected chi connectivity index (χ3v) is 6.84. The summed E-state index contributed by atoms with van der Waals surface area (Å²) in [5, 5.41) is 7.76. The van der Waals surface area contributed by atoms with E-state index in [4.69, 9.17) is 0 Å². The molecule has 0 unspecified atom stereocenters. The number of halogens is 4. The number of piperazine rings is 1. The molecule has 1 aliphatic rings. The fourth-order valence-electron chi connectivity index (χ4n) is 3.93. The number of hydrogen-bond acceptors (Lipinski definition) is 7. The molecule has 1 amide bonds. The largest absolute Gasteiger partial charge is 0.493 e. The van der Waals surface area contributed by atoms with Crippen molar-refractivity contribution in [2.45, 2.75) is 26.4 Å². The molecule has 0 saturated carbocycles. The molecule has 1 fully saturated rings. The molecular formula is C24H22F4N4O4S. The maximum Gasteiger partial charge on any atom is 0.493 e. The first-order valence-electron chi connectivity index (χ1n) is 11.2. The third-order valence-electron chi connectivity index (χ3n) is 6.17. The molecule has 0 bridgehead atoms. The molecule has 0 spiro atoms. The zero-order chi connectivity index (χ0) is 26.9. The molecule has 1 aromatic carbocycles. The first kappa shape index (κ1) is 26.3. The number of rotatable bonds is 5. The van der Waals surface area contributed by atoms with Gasteiger partial charge in [-0.2, -0.15) is 24.5 Å². The highest BCUT2D eigenvalue weighted by Gasteiger charge is 2.42. The van der Waals surface area contributed by atoms with Crippen molar-refractivity contribution in [1.82, 2.24) is 14.8 Å². The maximum absolute atomic E-state index is 14.6. The van der Waals surface area contributed by atoms with E-state index >= 15 is 0 Å². The molecule has 8 nitrogen and oxygen atoms in total. The standard InChI is InChI=1S/C24H22F4N4O4S/c1-14-15(2)21(33)32(36-23(35)24(26,27)28)29-20(14)12-16-3-4-19(25)18(11-16)22(34)31-8-6-30(7-9-31)17-5-10-37-13-17/h3-5,10-11,13H,6-9,12H2,1-2H3. The van der Waals surface area contributed by atoms with Crippen LogP contribution >= 0.6 is 11.3 Å². The summed E-state index contributed by atoms with van der Waals surface area (Å²) < 4.78 is 52.5. The highest BCUT2D eigenvalue weighted by atomic mass is 32.1. The first-order chi connectivity index (χ1) is 17.5. The lowest BCUT2D eigenvalue weighted by Gasteiger charge is -2.35. The molecule has 3 heterocycles. The average Bonchev–Trinajstić information content (AvgIpc) is 3.41. The summed E-state index contributed by atoms with van der Waals surface area (Å²) in [4.78, 5) is 44.4. The van der Waals surface area contributed by atoms with E-state index in [0.717, 1.165) is 11.8 Å². The lowest BCUT2D eigenvalue weighted by molar-refractivity contribution is -0.202. The van der Waals surface area contributed by atoms with Crippen LogP contribution < -0.4 is 15.3 Å². The Morgan fingerprint density at radius 1 is 1.08 bits per heavy atom. The second kappa shape index (κ2) is 10.3. The van der Waals surface area contributed by atoms with Gasteiger partial charge in [0.05, 0.1) is 11.3 Å². The Morgan fingerprint density at radius 2 is 1.78 bits per heavy atom. The number of carbonyl (C=O) groups is 2. The molecule has 196 valence electrons. The molecule has 3 aromatic rings. The molecule has 0 N–H and O–H groups in total. The van der Waals surface area contributed by atoms with E-state index in [2.05, 4.69) is 14.8 Å². The van der Waals surface area contributed by atoms with E-state index in [0.29, 0.717) is 37.3 Å². The van der Waals surface area contributed by atoms with Crippen molar-refractivity contribution < 1.29 is 32.0 Å². The maximum atomic E-state index is 14.6. The highest BCUT2D eigenvalue weighted by Crippen LogP contribution is 2.22. The number of benzene rings is 1. The monoisotopic (exact) mass is 538 g/mol. The Hall–Kier alpha value is -3.74. The van der Waals surface area contributed by atoms with Gasteiger partial charge in [-0.05, 0) is 53.4 Å². The fourth-order valence-corrected chi connectivity index (χ4v) is 4.59. The van der Waals surface area contributed by atoms with Gasteiger partial charge in [-0.1, -0.05) is 6.07 Å². The number of alkyl halides is 3. The van der Waals surface area contributed by atoms with Crippen LogP contribution in [0.3, 0.4) is 0 Å². The minimum Gasteiger partial charge on any atom is -0.367 e. The zero-order valence-corrected chi connectivity index (χ0v) is 20.7.